The summed E-state index contributed by atoms with van der Waals surface area (Å²) in [5, 5.41) is 0. The molecular formula is C11H18N2O. The van der Waals surface area contributed by atoms with Gasteiger partial charge in [0.25, 0.3) is 5.56 Å². The predicted octanol–water partition coefficient (Wildman–Crippen LogP) is 1.62. The number of nitrogens with zero attached hydrogens (tertiary/aromatic N) is 1. The van der Waals surface area contributed by atoms with E-state index in [1.54, 1.807) is 16.8 Å². The van der Waals surface area contributed by atoms with Crippen LogP contribution in [0.25, 0.3) is 0 Å². The zero-order valence-electron chi connectivity index (χ0n) is 9.24. The zero-order chi connectivity index (χ0) is 10.9. The van der Waals surface area contributed by atoms with Gasteiger partial charge in [-0.05, 0) is 33.8 Å². The molecule has 0 aliphatic heterocycles. The van der Waals surface area contributed by atoms with Crippen LogP contribution in [-0.4, -0.2) is 4.57 Å². The van der Waals surface area contributed by atoms with Gasteiger partial charge in [-0.15, -0.1) is 0 Å². The highest BCUT2D eigenvalue weighted by Crippen LogP contribution is 2.12. The molecule has 0 aliphatic carbocycles. The first-order valence-corrected chi connectivity index (χ1v) is 4.84. The minimum absolute atomic E-state index is 0.00926. The maximum Gasteiger partial charge on any atom is 0.255 e. The van der Waals surface area contributed by atoms with E-state index in [4.69, 9.17) is 5.73 Å². The van der Waals surface area contributed by atoms with Crippen molar-refractivity contribution in [2.24, 2.45) is 5.73 Å². The lowest BCUT2D eigenvalue weighted by Gasteiger charge is -2.20. The summed E-state index contributed by atoms with van der Waals surface area (Å²) in [7, 11) is 0. The Morgan fingerprint density at radius 1 is 1.43 bits per heavy atom. The molecule has 0 radical (unpaired) electrons. The minimum atomic E-state index is -0.574. The quantitative estimate of drug-likeness (QED) is 0.777. The number of hydrogen-bond acceptors (Lipinski definition) is 2. The van der Waals surface area contributed by atoms with E-state index in [2.05, 4.69) is 0 Å². The Labute approximate surface area is 84.6 Å². The van der Waals surface area contributed by atoms with Gasteiger partial charge in [-0.25, -0.2) is 0 Å². The number of rotatable bonds is 2. The van der Waals surface area contributed by atoms with E-state index in [0.717, 1.165) is 0 Å². The summed E-state index contributed by atoms with van der Waals surface area (Å²) in [6.07, 6.45) is 1.79. The van der Waals surface area contributed by atoms with Gasteiger partial charge in [0.05, 0.1) is 0 Å². The molecule has 0 atom stereocenters. The van der Waals surface area contributed by atoms with E-state index in [0.29, 0.717) is 5.56 Å². The lowest BCUT2D eigenvalue weighted by molar-refractivity contribution is 0.514. The Kier molecular flexibility index (Phi) is 2.81. The Hall–Kier alpha value is -1.09. The molecule has 0 saturated heterocycles. The largest absolute Gasteiger partial charge is 0.322 e. The molecule has 0 amide bonds. The second-order valence-electron chi connectivity index (χ2n) is 4.45. The number of hydrogen-bond donors (Lipinski definition) is 1. The molecule has 1 rings (SSSR count). The van der Waals surface area contributed by atoms with Crippen LogP contribution in [0, 0.1) is 0 Å². The van der Waals surface area contributed by atoms with Crippen molar-refractivity contribution in [1.82, 2.24) is 4.57 Å². The molecule has 2 N–H and O–H groups in total. The molecule has 14 heavy (non-hydrogen) atoms. The number of aromatic nitrogens is 1. The SMILES string of the molecule is CC(C)n1cccc(C(C)(C)N)c1=O. The van der Waals surface area contributed by atoms with Crippen LogP contribution in [0.5, 0.6) is 0 Å². The van der Waals surface area contributed by atoms with Gasteiger partial charge in [0.1, 0.15) is 0 Å². The topological polar surface area (TPSA) is 48.0 Å². The molecule has 0 bridgehead atoms. The summed E-state index contributed by atoms with van der Waals surface area (Å²) in [4.78, 5) is 11.9. The molecule has 0 aliphatic rings. The number of nitrogens with two attached hydrogens (primary N) is 1. The molecule has 0 aromatic carbocycles. The van der Waals surface area contributed by atoms with Gasteiger partial charge in [-0.3, -0.25) is 4.79 Å². The Balaban J connectivity index is 3.36. The molecule has 1 aromatic heterocycles. The fourth-order valence-electron chi connectivity index (χ4n) is 1.41. The van der Waals surface area contributed by atoms with Crippen molar-refractivity contribution in [3.05, 3.63) is 34.2 Å². The van der Waals surface area contributed by atoms with Gasteiger partial charge in [-0.2, -0.15) is 0 Å². The van der Waals surface area contributed by atoms with Gasteiger partial charge in [-0.1, -0.05) is 6.07 Å². The molecule has 1 heterocycles. The van der Waals surface area contributed by atoms with Crippen LogP contribution in [0.2, 0.25) is 0 Å². The molecule has 0 saturated carbocycles. The highest BCUT2D eigenvalue weighted by molar-refractivity contribution is 5.19. The summed E-state index contributed by atoms with van der Waals surface area (Å²) in [6.45, 7) is 7.65. The van der Waals surface area contributed by atoms with E-state index in [-0.39, 0.29) is 11.6 Å². The van der Waals surface area contributed by atoms with Crippen molar-refractivity contribution in [3.8, 4) is 0 Å². The fraction of sp³-hybridized carbons (Fsp3) is 0.545. The van der Waals surface area contributed by atoms with E-state index in [1.807, 2.05) is 33.8 Å². The maximum absolute atomic E-state index is 11.9. The average molecular weight is 194 g/mol. The predicted molar refractivity (Wildman–Crippen MR) is 58.3 cm³/mol. The van der Waals surface area contributed by atoms with Crippen LogP contribution >= 0.6 is 0 Å². The van der Waals surface area contributed by atoms with Crippen LogP contribution in [-0.2, 0) is 5.54 Å². The highest BCUT2D eigenvalue weighted by atomic mass is 16.1. The Morgan fingerprint density at radius 2 is 2.00 bits per heavy atom. The van der Waals surface area contributed by atoms with Crippen molar-refractivity contribution < 1.29 is 0 Å². The molecule has 1 aromatic rings. The van der Waals surface area contributed by atoms with Crippen molar-refractivity contribution in [1.29, 1.82) is 0 Å². The molecule has 3 heteroatoms. The van der Waals surface area contributed by atoms with Crippen molar-refractivity contribution in [3.63, 3.8) is 0 Å². The van der Waals surface area contributed by atoms with Gasteiger partial charge < -0.3 is 10.3 Å². The molecule has 78 valence electrons. The first-order chi connectivity index (χ1) is 6.34. The second-order valence-corrected chi connectivity index (χ2v) is 4.45. The summed E-state index contributed by atoms with van der Waals surface area (Å²) in [5.74, 6) is 0. The lowest BCUT2D eigenvalue weighted by atomic mass is 9.97. The van der Waals surface area contributed by atoms with Gasteiger partial charge >= 0.3 is 0 Å². The third kappa shape index (κ3) is 2.04. The van der Waals surface area contributed by atoms with E-state index >= 15 is 0 Å². The van der Waals surface area contributed by atoms with Crippen LogP contribution < -0.4 is 11.3 Å². The molecule has 3 nitrogen and oxygen atoms in total. The standard InChI is InChI=1S/C11H18N2O/c1-8(2)13-7-5-6-9(10(13)14)11(3,4)12/h5-8H,12H2,1-4H3. The van der Waals surface area contributed by atoms with Crippen molar-refractivity contribution >= 4 is 0 Å². The normalized spacial score (nSPS) is 12.1. The highest BCUT2D eigenvalue weighted by Gasteiger charge is 2.19. The van der Waals surface area contributed by atoms with Crippen molar-refractivity contribution in [2.75, 3.05) is 0 Å². The third-order valence-corrected chi connectivity index (χ3v) is 2.22. The molecular weight excluding hydrogens is 176 g/mol. The summed E-state index contributed by atoms with van der Waals surface area (Å²) >= 11 is 0. The smallest absolute Gasteiger partial charge is 0.255 e. The van der Waals surface area contributed by atoms with Gasteiger partial charge in [0.2, 0.25) is 0 Å². The Bertz CT molecular complexity index is 372. The first-order valence-electron chi connectivity index (χ1n) is 4.84. The van der Waals surface area contributed by atoms with Gasteiger partial charge in [0, 0.05) is 23.3 Å². The average Bonchev–Trinajstić information content (AvgIpc) is 2.01. The van der Waals surface area contributed by atoms with E-state index in [1.165, 1.54) is 0 Å². The fourth-order valence-corrected chi connectivity index (χ4v) is 1.41. The maximum atomic E-state index is 11.9. The molecule has 0 unspecified atom stereocenters. The summed E-state index contributed by atoms with van der Waals surface area (Å²) < 4.78 is 1.70. The summed E-state index contributed by atoms with van der Waals surface area (Å²) in [5.41, 5.74) is 6.01. The minimum Gasteiger partial charge on any atom is -0.322 e. The van der Waals surface area contributed by atoms with E-state index < -0.39 is 5.54 Å². The van der Waals surface area contributed by atoms with E-state index in [9.17, 15) is 4.79 Å². The van der Waals surface area contributed by atoms with Gasteiger partial charge in [0.15, 0.2) is 0 Å². The number of pyridine rings is 1. The lowest BCUT2D eigenvalue weighted by Crippen LogP contribution is -2.38. The second kappa shape index (κ2) is 3.58. The summed E-state index contributed by atoms with van der Waals surface area (Å²) in [6, 6.07) is 3.83. The third-order valence-electron chi connectivity index (χ3n) is 2.22. The first kappa shape index (κ1) is 11.0. The van der Waals surface area contributed by atoms with Crippen LogP contribution in [0.1, 0.15) is 39.3 Å². The van der Waals surface area contributed by atoms with Crippen LogP contribution in [0.15, 0.2) is 23.1 Å². The van der Waals surface area contributed by atoms with Crippen LogP contribution in [0.3, 0.4) is 0 Å². The molecule has 0 spiro atoms. The van der Waals surface area contributed by atoms with Crippen LogP contribution in [0.4, 0.5) is 0 Å². The zero-order valence-corrected chi connectivity index (χ0v) is 9.24. The Morgan fingerprint density at radius 3 is 2.43 bits per heavy atom. The van der Waals surface area contributed by atoms with Crippen molar-refractivity contribution in [2.45, 2.75) is 39.3 Å². The monoisotopic (exact) mass is 194 g/mol. The molecule has 0 fully saturated rings.